The third-order valence-corrected chi connectivity index (χ3v) is 5.58. The van der Waals surface area contributed by atoms with Gasteiger partial charge in [0.05, 0.1) is 11.0 Å². The molecule has 1 aromatic rings. The van der Waals surface area contributed by atoms with E-state index in [-0.39, 0.29) is 10.9 Å². The van der Waals surface area contributed by atoms with Gasteiger partial charge in [-0.2, -0.15) is 0 Å². The van der Waals surface area contributed by atoms with Gasteiger partial charge in [-0.3, -0.25) is 0 Å². The predicted octanol–water partition coefficient (Wildman–Crippen LogP) is 2.16. The average Bonchev–Trinajstić information content (AvgIpc) is 2.41. The zero-order valence-electron chi connectivity index (χ0n) is 10.5. The molecular formula is C13H18BrNO3S. The molecule has 0 heterocycles. The fourth-order valence-corrected chi connectivity index (χ4v) is 3.95. The Kier molecular flexibility index (Phi) is 5.00. The molecule has 0 unspecified atom stereocenters. The first-order valence-electron chi connectivity index (χ1n) is 6.38. The van der Waals surface area contributed by atoms with Crippen molar-refractivity contribution in [1.82, 2.24) is 4.72 Å². The van der Waals surface area contributed by atoms with Crippen molar-refractivity contribution < 1.29 is 13.5 Å². The van der Waals surface area contributed by atoms with Crippen molar-refractivity contribution >= 4 is 26.0 Å². The fraction of sp³-hybridized carbons (Fsp3) is 0.538. The standard InChI is InChI=1S/C13H18BrNO3S/c14-9-10-5-7-11(8-6-10)19(17,18)15-12-3-1-2-4-13(12)16/h5-8,12-13,15-16H,1-4,9H2/t12-,13-/m0/s1. The Labute approximate surface area is 122 Å². The Bertz CT molecular complexity index is 515. The van der Waals surface area contributed by atoms with Gasteiger partial charge in [-0.05, 0) is 30.5 Å². The van der Waals surface area contributed by atoms with Crippen LogP contribution in [0.15, 0.2) is 29.2 Å². The molecule has 0 aromatic heterocycles. The predicted molar refractivity (Wildman–Crippen MR) is 77.7 cm³/mol. The second kappa shape index (κ2) is 6.35. The molecule has 0 bridgehead atoms. The summed E-state index contributed by atoms with van der Waals surface area (Å²) in [5, 5.41) is 10.5. The van der Waals surface area contributed by atoms with Gasteiger partial charge in [0.1, 0.15) is 0 Å². The highest BCUT2D eigenvalue weighted by molar-refractivity contribution is 9.08. The van der Waals surface area contributed by atoms with Gasteiger partial charge in [0.25, 0.3) is 0 Å². The minimum Gasteiger partial charge on any atom is -0.391 e. The fourth-order valence-electron chi connectivity index (χ4n) is 2.27. The molecule has 0 amide bonds. The van der Waals surface area contributed by atoms with E-state index in [2.05, 4.69) is 20.7 Å². The SMILES string of the molecule is O=S(=O)(N[C@H]1CCCC[C@@H]1O)c1ccc(CBr)cc1. The lowest BCUT2D eigenvalue weighted by atomic mass is 9.93. The minimum atomic E-state index is -3.54. The van der Waals surface area contributed by atoms with Crippen LogP contribution in [0.5, 0.6) is 0 Å². The van der Waals surface area contributed by atoms with Crippen LogP contribution in [0.1, 0.15) is 31.2 Å². The summed E-state index contributed by atoms with van der Waals surface area (Å²) in [6, 6.07) is 6.37. The zero-order chi connectivity index (χ0) is 13.9. The van der Waals surface area contributed by atoms with Gasteiger partial charge in [0.2, 0.25) is 10.0 Å². The lowest BCUT2D eigenvalue weighted by molar-refractivity contribution is 0.101. The van der Waals surface area contributed by atoms with Gasteiger partial charge in [-0.1, -0.05) is 40.9 Å². The van der Waals surface area contributed by atoms with Crippen LogP contribution in [-0.4, -0.2) is 25.7 Å². The van der Waals surface area contributed by atoms with Crippen LogP contribution in [-0.2, 0) is 15.4 Å². The number of aliphatic hydroxyl groups is 1. The van der Waals surface area contributed by atoms with Crippen molar-refractivity contribution in [1.29, 1.82) is 0 Å². The molecule has 1 fully saturated rings. The topological polar surface area (TPSA) is 66.4 Å². The molecule has 0 spiro atoms. The molecule has 1 aliphatic rings. The van der Waals surface area contributed by atoms with E-state index in [9.17, 15) is 13.5 Å². The van der Waals surface area contributed by atoms with E-state index in [0.29, 0.717) is 18.2 Å². The molecule has 1 saturated carbocycles. The monoisotopic (exact) mass is 347 g/mol. The zero-order valence-corrected chi connectivity index (χ0v) is 13.0. The molecule has 1 aromatic carbocycles. The lowest BCUT2D eigenvalue weighted by Gasteiger charge is -2.28. The number of aliphatic hydroxyl groups excluding tert-OH is 1. The molecular weight excluding hydrogens is 330 g/mol. The summed E-state index contributed by atoms with van der Waals surface area (Å²) in [6.45, 7) is 0. The minimum absolute atomic E-state index is 0.245. The number of halogens is 1. The van der Waals surface area contributed by atoms with Crippen LogP contribution in [0, 0.1) is 0 Å². The summed E-state index contributed by atoms with van der Waals surface area (Å²) in [6.07, 6.45) is 2.69. The van der Waals surface area contributed by atoms with Crippen molar-refractivity contribution in [3.05, 3.63) is 29.8 Å². The van der Waals surface area contributed by atoms with Gasteiger partial charge in [0, 0.05) is 11.4 Å². The van der Waals surface area contributed by atoms with E-state index < -0.39 is 16.1 Å². The number of hydrogen-bond donors (Lipinski definition) is 2. The van der Waals surface area contributed by atoms with Crippen LogP contribution in [0.3, 0.4) is 0 Å². The van der Waals surface area contributed by atoms with Crippen LogP contribution < -0.4 is 4.72 Å². The quantitative estimate of drug-likeness (QED) is 0.820. The third kappa shape index (κ3) is 3.78. The number of nitrogens with one attached hydrogen (secondary N) is 1. The normalized spacial score (nSPS) is 24.3. The molecule has 6 heteroatoms. The van der Waals surface area contributed by atoms with E-state index in [4.69, 9.17) is 0 Å². The maximum atomic E-state index is 12.2. The molecule has 106 valence electrons. The Morgan fingerprint density at radius 3 is 2.42 bits per heavy atom. The molecule has 2 atom stereocenters. The summed E-state index contributed by atoms with van der Waals surface area (Å²) >= 11 is 3.32. The molecule has 19 heavy (non-hydrogen) atoms. The van der Waals surface area contributed by atoms with Crippen molar-refractivity contribution in [3.63, 3.8) is 0 Å². The molecule has 2 rings (SSSR count). The first-order chi connectivity index (χ1) is 9.03. The van der Waals surface area contributed by atoms with E-state index in [1.54, 1.807) is 24.3 Å². The van der Waals surface area contributed by atoms with Gasteiger partial charge in [0.15, 0.2) is 0 Å². The molecule has 0 radical (unpaired) electrons. The second-order valence-electron chi connectivity index (χ2n) is 4.86. The maximum Gasteiger partial charge on any atom is 0.240 e. The van der Waals surface area contributed by atoms with Crippen molar-refractivity contribution in [2.45, 2.75) is 48.1 Å². The van der Waals surface area contributed by atoms with Crippen LogP contribution in [0.4, 0.5) is 0 Å². The van der Waals surface area contributed by atoms with E-state index in [1.807, 2.05) is 0 Å². The summed E-state index contributed by atoms with van der Waals surface area (Å²) in [5.41, 5.74) is 1.02. The van der Waals surface area contributed by atoms with Crippen LogP contribution in [0.25, 0.3) is 0 Å². The number of alkyl halides is 1. The smallest absolute Gasteiger partial charge is 0.240 e. The van der Waals surface area contributed by atoms with Gasteiger partial charge >= 0.3 is 0 Å². The largest absolute Gasteiger partial charge is 0.391 e. The summed E-state index contributed by atoms with van der Waals surface area (Å²) in [4.78, 5) is 0.245. The van der Waals surface area contributed by atoms with Gasteiger partial charge in [-0.25, -0.2) is 13.1 Å². The Balaban J connectivity index is 2.12. The molecule has 0 saturated heterocycles. The summed E-state index contributed by atoms with van der Waals surface area (Å²) in [7, 11) is -3.54. The summed E-state index contributed by atoms with van der Waals surface area (Å²) < 4.78 is 27.0. The van der Waals surface area contributed by atoms with E-state index in [0.717, 1.165) is 18.4 Å². The third-order valence-electron chi connectivity index (χ3n) is 3.42. The van der Waals surface area contributed by atoms with Crippen molar-refractivity contribution in [2.24, 2.45) is 0 Å². The average molecular weight is 348 g/mol. The highest BCUT2D eigenvalue weighted by atomic mass is 79.9. The molecule has 0 aliphatic heterocycles. The number of sulfonamides is 1. The van der Waals surface area contributed by atoms with Crippen molar-refractivity contribution in [2.75, 3.05) is 0 Å². The van der Waals surface area contributed by atoms with Gasteiger partial charge < -0.3 is 5.11 Å². The Morgan fingerprint density at radius 2 is 1.84 bits per heavy atom. The van der Waals surface area contributed by atoms with Gasteiger partial charge in [-0.15, -0.1) is 0 Å². The second-order valence-corrected chi connectivity index (χ2v) is 7.13. The van der Waals surface area contributed by atoms with Crippen LogP contribution in [0.2, 0.25) is 0 Å². The molecule has 1 aliphatic carbocycles. The van der Waals surface area contributed by atoms with Crippen molar-refractivity contribution in [3.8, 4) is 0 Å². The Morgan fingerprint density at radius 1 is 1.21 bits per heavy atom. The first kappa shape index (κ1) is 15.0. The van der Waals surface area contributed by atoms with E-state index in [1.165, 1.54) is 0 Å². The maximum absolute atomic E-state index is 12.2. The number of benzene rings is 1. The van der Waals surface area contributed by atoms with E-state index >= 15 is 0 Å². The van der Waals surface area contributed by atoms with Crippen LogP contribution >= 0.6 is 15.9 Å². The highest BCUT2D eigenvalue weighted by Gasteiger charge is 2.27. The lowest BCUT2D eigenvalue weighted by Crippen LogP contribution is -2.44. The summed E-state index contributed by atoms with van der Waals surface area (Å²) in [5.74, 6) is 0. The number of rotatable bonds is 4. The first-order valence-corrected chi connectivity index (χ1v) is 8.99. The highest BCUT2D eigenvalue weighted by Crippen LogP contribution is 2.21. The molecule has 2 N–H and O–H groups in total. The Hall–Kier alpha value is -0.430. The molecule has 4 nitrogen and oxygen atoms in total. The number of hydrogen-bond acceptors (Lipinski definition) is 3.